The Morgan fingerprint density at radius 1 is 1.37 bits per heavy atom. The van der Waals surface area contributed by atoms with E-state index >= 15 is 0 Å². The first-order chi connectivity index (χ1) is 12.8. The maximum absolute atomic E-state index is 12.7. The molecule has 0 spiro atoms. The quantitative estimate of drug-likeness (QED) is 0.420. The van der Waals surface area contributed by atoms with Crippen molar-refractivity contribution < 1.29 is 19.4 Å². The number of hydrogen-bond acceptors (Lipinski definition) is 4. The van der Waals surface area contributed by atoms with Crippen molar-refractivity contribution in [3.8, 4) is 11.5 Å². The molecule has 0 saturated carbocycles. The van der Waals surface area contributed by atoms with Gasteiger partial charge in [-0.15, -0.1) is 0 Å². The third-order valence-electron chi connectivity index (χ3n) is 6.16. The summed E-state index contributed by atoms with van der Waals surface area (Å²) in [6.07, 6.45) is 8.18. The van der Waals surface area contributed by atoms with Crippen LogP contribution < -0.4 is 4.74 Å². The van der Waals surface area contributed by atoms with Gasteiger partial charge in [0, 0.05) is 17.4 Å². The second kappa shape index (κ2) is 7.57. The zero-order valence-corrected chi connectivity index (χ0v) is 17.2. The predicted octanol–water partition coefficient (Wildman–Crippen LogP) is 5.52. The number of esters is 1. The van der Waals surface area contributed by atoms with E-state index in [1.54, 1.807) is 6.07 Å². The van der Waals surface area contributed by atoms with Crippen LogP contribution in [0.5, 0.6) is 11.5 Å². The Morgan fingerprint density at radius 2 is 2.11 bits per heavy atom. The van der Waals surface area contributed by atoms with Crippen molar-refractivity contribution >= 4 is 5.97 Å². The molecule has 0 saturated heterocycles. The van der Waals surface area contributed by atoms with Gasteiger partial charge < -0.3 is 14.6 Å². The van der Waals surface area contributed by atoms with Gasteiger partial charge in [0.15, 0.2) is 0 Å². The van der Waals surface area contributed by atoms with Crippen molar-refractivity contribution in [2.24, 2.45) is 5.92 Å². The van der Waals surface area contributed by atoms with Gasteiger partial charge in [-0.25, -0.2) is 4.79 Å². The average molecular weight is 373 g/mol. The number of benzene rings is 1. The molecule has 0 unspecified atom stereocenters. The lowest BCUT2D eigenvalue weighted by molar-refractivity contribution is 0.00879. The summed E-state index contributed by atoms with van der Waals surface area (Å²) < 4.78 is 11.5. The molecule has 1 N–H and O–H groups in total. The minimum absolute atomic E-state index is 0.0607. The first-order valence-corrected chi connectivity index (χ1v) is 10.1. The van der Waals surface area contributed by atoms with Crippen LogP contribution >= 0.6 is 0 Å². The number of allylic oxidation sites excluding steroid dienone is 2. The van der Waals surface area contributed by atoms with E-state index < -0.39 is 5.60 Å². The van der Waals surface area contributed by atoms with E-state index in [0.29, 0.717) is 11.3 Å². The lowest BCUT2D eigenvalue weighted by atomic mass is 9.67. The molecule has 1 aliphatic heterocycles. The van der Waals surface area contributed by atoms with Crippen molar-refractivity contribution in [2.45, 2.75) is 77.7 Å². The van der Waals surface area contributed by atoms with Gasteiger partial charge in [0.05, 0.1) is 7.11 Å². The smallest absolute Gasteiger partial charge is 0.341 e. The van der Waals surface area contributed by atoms with E-state index in [2.05, 4.69) is 33.8 Å². The summed E-state index contributed by atoms with van der Waals surface area (Å²) in [6.45, 7) is 8.46. The molecule has 1 aromatic rings. The van der Waals surface area contributed by atoms with E-state index in [4.69, 9.17) is 9.47 Å². The molecule has 1 heterocycles. The first kappa shape index (κ1) is 19.8. The van der Waals surface area contributed by atoms with Crippen LogP contribution in [0.2, 0.25) is 0 Å². The molecule has 27 heavy (non-hydrogen) atoms. The number of hydrogen-bond donors (Lipinski definition) is 1. The van der Waals surface area contributed by atoms with Crippen molar-refractivity contribution in [1.82, 2.24) is 0 Å². The minimum atomic E-state index is -0.411. The molecule has 4 heteroatoms. The van der Waals surface area contributed by atoms with Gasteiger partial charge in [-0.3, -0.25) is 0 Å². The van der Waals surface area contributed by atoms with Crippen molar-refractivity contribution in [3.63, 3.8) is 0 Å². The van der Waals surface area contributed by atoms with E-state index in [9.17, 15) is 9.90 Å². The van der Waals surface area contributed by atoms with Gasteiger partial charge in [-0.2, -0.15) is 0 Å². The number of unbranched alkanes of at least 4 members (excludes halogenated alkanes) is 2. The van der Waals surface area contributed by atoms with Gasteiger partial charge in [-0.05, 0) is 58.1 Å². The Morgan fingerprint density at radius 3 is 2.78 bits per heavy atom. The number of methoxy groups -OCH3 is 1. The molecule has 1 aliphatic carbocycles. The standard InChI is InChI=1S/C23H32O4/c1-6-7-8-9-15-13-18(24)20-16-12-14(2)10-11-17(16)23(3,4)27-21(20)19(15)22(25)26-5/h12-13,16-17,24H,6-11H2,1-5H3/t16-,17+/m0/s1. The SMILES string of the molecule is CCCCCc1cc(O)c2c(c1C(=O)OC)OC(C)(C)[C@@H]1CCC(C)=C[C@H]21. The predicted molar refractivity (Wildman–Crippen MR) is 107 cm³/mol. The van der Waals surface area contributed by atoms with E-state index in [1.807, 2.05) is 0 Å². The highest BCUT2D eigenvalue weighted by Gasteiger charge is 2.47. The zero-order chi connectivity index (χ0) is 19.8. The topological polar surface area (TPSA) is 55.8 Å². The van der Waals surface area contributed by atoms with Crippen LogP contribution in [0, 0.1) is 5.92 Å². The Bertz CT molecular complexity index is 760. The molecule has 2 aliphatic rings. The average Bonchev–Trinajstić information content (AvgIpc) is 2.60. The molecular weight excluding hydrogens is 340 g/mol. The van der Waals surface area contributed by atoms with Crippen LogP contribution in [0.15, 0.2) is 17.7 Å². The minimum Gasteiger partial charge on any atom is -0.507 e. The van der Waals surface area contributed by atoms with E-state index in [1.165, 1.54) is 12.7 Å². The third kappa shape index (κ3) is 3.59. The van der Waals surface area contributed by atoms with Crippen LogP contribution in [0.25, 0.3) is 0 Å². The Balaban J connectivity index is 2.19. The fraction of sp³-hybridized carbons (Fsp3) is 0.609. The number of fused-ring (bicyclic) bond motifs is 3. The molecule has 0 radical (unpaired) electrons. The molecule has 0 fully saturated rings. The number of ether oxygens (including phenoxy) is 2. The van der Waals surface area contributed by atoms with Crippen molar-refractivity contribution in [3.05, 3.63) is 34.4 Å². The maximum atomic E-state index is 12.7. The number of phenolic OH excluding ortho intramolecular Hbond substituents is 1. The summed E-state index contributed by atoms with van der Waals surface area (Å²) in [5, 5.41) is 10.9. The van der Waals surface area contributed by atoms with Crippen LogP contribution in [0.1, 0.15) is 87.2 Å². The molecule has 0 amide bonds. The van der Waals surface area contributed by atoms with Crippen molar-refractivity contribution in [1.29, 1.82) is 0 Å². The van der Waals surface area contributed by atoms with Crippen LogP contribution in [-0.2, 0) is 11.2 Å². The molecular formula is C23H32O4. The van der Waals surface area contributed by atoms with Gasteiger partial charge >= 0.3 is 5.97 Å². The lowest BCUT2D eigenvalue weighted by Gasteiger charge is -2.47. The number of aryl methyl sites for hydroxylation is 1. The highest BCUT2D eigenvalue weighted by atomic mass is 16.5. The molecule has 3 rings (SSSR count). The summed E-state index contributed by atoms with van der Waals surface area (Å²) >= 11 is 0. The molecule has 0 bridgehead atoms. The molecule has 148 valence electrons. The first-order valence-electron chi connectivity index (χ1n) is 10.1. The zero-order valence-electron chi connectivity index (χ0n) is 17.2. The number of carbonyl (C=O) groups excluding carboxylic acids is 1. The molecule has 4 nitrogen and oxygen atoms in total. The summed E-state index contributed by atoms with van der Waals surface area (Å²) in [5.74, 6) is 0.705. The maximum Gasteiger partial charge on any atom is 0.341 e. The fourth-order valence-corrected chi connectivity index (χ4v) is 4.70. The van der Waals surface area contributed by atoms with Gasteiger partial charge in [0.25, 0.3) is 0 Å². The molecule has 1 aromatic carbocycles. The summed E-state index contributed by atoms with van der Waals surface area (Å²) in [6, 6.07) is 1.76. The normalized spacial score (nSPS) is 22.9. The van der Waals surface area contributed by atoms with Crippen molar-refractivity contribution in [2.75, 3.05) is 7.11 Å². The summed E-state index contributed by atoms with van der Waals surface area (Å²) in [4.78, 5) is 12.7. The van der Waals surface area contributed by atoms with Gasteiger partial charge in [0.1, 0.15) is 22.7 Å². The van der Waals surface area contributed by atoms with Crippen LogP contribution in [-0.4, -0.2) is 23.8 Å². The fourth-order valence-electron chi connectivity index (χ4n) is 4.70. The highest BCUT2D eigenvalue weighted by molar-refractivity contribution is 5.95. The Kier molecular flexibility index (Phi) is 5.55. The van der Waals surface area contributed by atoms with E-state index in [-0.39, 0.29) is 23.6 Å². The number of rotatable bonds is 5. The lowest BCUT2D eigenvalue weighted by Crippen LogP contribution is -2.45. The summed E-state index contributed by atoms with van der Waals surface area (Å²) in [5.41, 5.74) is 2.97. The van der Waals surface area contributed by atoms with Gasteiger partial charge in [-0.1, -0.05) is 31.4 Å². The largest absolute Gasteiger partial charge is 0.507 e. The third-order valence-corrected chi connectivity index (χ3v) is 6.16. The van der Waals surface area contributed by atoms with Crippen LogP contribution in [0.4, 0.5) is 0 Å². The summed E-state index contributed by atoms with van der Waals surface area (Å²) in [7, 11) is 1.40. The number of aromatic hydroxyl groups is 1. The monoisotopic (exact) mass is 372 g/mol. The number of carbonyl (C=O) groups is 1. The highest BCUT2D eigenvalue weighted by Crippen LogP contribution is 2.55. The molecule has 2 atom stereocenters. The Hall–Kier alpha value is -1.97. The van der Waals surface area contributed by atoms with Gasteiger partial charge in [0.2, 0.25) is 0 Å². The van der Waals surface area contributed by atoms with E-state index in [0.717, 1.165) is 49.7 Å². The second-order valence-corrected chi connectivity index (χ2v) is 8.51. The molecule has 0 aromatic heterocycles. The van der Waals surface area contributed by atoms with Crippen LogP contribution in [0.3, 0.4) is 0 Å². The second-order valence-electron chi connectivity index (χ2n) is 8.51. The number of phenols is 1. The Labute approximate surface area is 162 Å².